The van der Waals surface area contributed by atoms with Crippen LogP contribution in [0.5, 0.6) is 0 Å². The van der Waals surface area contributed by atoms with Gasteiger partial charge in [-0.2, -0.15) is 0 Å². The molecule has 0 aliphatic heterocycles. The molecule has 0 rings (SSSR count). The van der Waals surface area contributed by atoms with Crippen molar-refractivity contribution in [2.45, 2.75) is 122 Å². The van der Waals surface area contributed by atoms with Crippen LogP contribution < -0.4 is 0 Å². The molecule has 42 heavy (non-hydrogen) atoms. The van der Waals surface area contributed by atoms with Crippen molar-refractivity contribution in [3.8, 4) is 0 Å². The molecule has 0 fully saturated rings. The second kappa shape index (κ2) is 29.7. The van der Waals surface area contributed by atoms with Crippen molar-refractivity contribution in [3.63, 3.8) is 0 Å². The minimum Gasteiger partial charge on any atom is -0.463 e. The molecule has 0 saturated carbocycles. The monoisotopic (exact) mass is 588 g/mol. The zero-order chi connectivity index (χ0) is 31.1. The Bertz CT molecular complexity index is 838. The zero-order valence-electron chi connectivity index (χ0n) is 25.9. The average Bonchev–Trinajstić information content (AvgIpc) is 2.97. The van der Waals surface area contributed by atoms with Gasteiger partial charge in [-0.25, -0.2) is 0 Å². The standard InChI is InChI=1S/C35H56O7/c1-3-5-7-8-9-13-21-27-34(39)41-29-33(38)30-42-35(40)28-22-14-11-10-12-18-24-32(37)26-20-16-15-19-25-31(36)23-17-6-4-2/h6,11-12,14-20,25-26,31-33,36-38H,3-5,7-10,13,21-24,27-30H2,1-2H3/b14-11-,16-15-,17-6-,18-12-,25-19+,26-20+/t31-,32+,33-/m1/s1. The molecule has 0 aromatic heterocycles. The Labute approximate surface area is 254 Å². The maximum absolute atomic E-state index is 11.8. The van der Waals surface area contributed by atoms with Gasteiger partial charge in [-0.3, -0.25) is 9.59 Å². The van der Waals surface area contributed by atoms with Gasteiger partial charge in [0.25, 0.3) is 0 Å². The van der Waals surface area contributed by atoms with Crippen LogP contribution in [0.3, 0.4) is 0 Å². The number of aliphatic hydroxyl groups is 3. The van der Waals surface area contributed by atoms with E-state index in [9.17, 15) is 24.9 Å². The minimum atomic E-state index is -1.03. The third kappa shape index (κ3) is 28.8. The summed E-state index contributed by atoms with van der Waals surface area (Å²) in [6.07, 6.45) is 31.8. The number of carbonyl (C=O) groups is 2. The van der Waals surface area contributed by atoms with E-state index in [-0.39, 0.29) is 25.6 Å². The number of hydrogen-bond donors (Lipinski definition) is 3. The molecular formula is C35H56O7. The second-order valence-electron chi connectivity index (χ2n) is 10.2. The second-order valence-corrected chi connectivity index (χ2v) is 10.2. The summed E-state index contributed by atoms with van der Waals surface area (Å²) < 4.78 is 10.1. The van der Waals surface area contributed by atoms with Crippen molar-refractivity contribution in [3.05, 3.63) is 72.9 Å². The third-order valence-electron chi connectivity index (χ3n) is 6.14. The third-order valence-corrected chi connectivity index (χ3v) is 6.14. The van der Waals surface area contributed by atoms with E-state index in [1.54, 1.807) is 30.4 Å². The van der Waals surface area contributed by atoms with Gasteiger partial charge in [-0.05, 0) is 38.5 Å². The van der Waals surface area contributed by atoms with Crippen molar-refractivity contribution in [2.75, 3.05) is 13.2 Å². The molecule has 0 spiro atoms. The molecule has 0 bridgehead atoms. The number of carbonyl (C=O) groups excluding carboxylic acids is 2. The smallest absolute Gasteiger partial charge is 0.306 e. The van der Waals surface area contributed by atoms with E-state index in [4.69, 9.17) is 9.47 Å². The molecule has 0 aliphatic rings. The van der Waals surface area contributed by atoms with E-state index in [0.717, 1.165) is 25.7 Å². The number of allylic oxidation sites excluding steroid dienone is 8. The molecule has 3 N–H and O–H groups in total. The molecule has 0 amide bonds. The first-order valence-electron chi connectivity index (χ1n) is 15.7. The number of aliphatic hydroxyl groups excluding tert-OH is 3. The van der Waals surface area contributed by atoms with Crippen LogP contribution in [-0.2, 0) is 19.1 Å². The topological polar surface area (TPSA) is 113 Å². The Morgan fingerprint density at radius 3 is 1.74 bits per heavy atom. The molecule has 0 aliphatic carbocycles. The average molecular weight is 589 g/mol. The molecule has 0 heterocycles. The molecule has 0 saturated heterocycles. The lowest BCUT2D eigenvalue weighted by Crippen LogP contribution is -2.25. The molecule has 7 heteroatoms. The van der Waals surface area contributed by atoms with Crippen molar-refractivity contribution < 1.29 is 34.4 Å². The Kier molecular flexibility index (Phi) is 27.8. The predicted molar refractivity (Wildman–Crippen MR) is 171 cm³/mol. The lowest BCUT2D eigenvalue weighted by atomic mass is 10.1. The van der Waals surface area contributed by atoms with Crippen LogP contribution in [0.4, 0.5) is 0 Å². The summed E-state index contributed by atoms with van der Waals surface area (Å²) in [5.74, 6) is -0.744. The summed E-state index contributed by atoms with van der Waals surface area (Å²) in [6, 6.07) is 0. The van der Waals surface area contributed by atoms with E-state index in [2.05, 4.69) is 13.8 Å². The first-order chi connectivity index (χ1) is 20.4. The molecular weight excluding hydrogens is 532 g/mol. The van der Waals surface area contributed by atoms with E-state index in [1.165, 1.54) is 25.7 Å². The van der Waals surface area contributed by atoms with Crippen molar-refractivity contribution in [1.29, 1.82) is 0 Å². The van der Waals surface area contributed by atoms with Crippen LogP contribution in [0, 0.1) is 0 Å². The largest absolute Gasteiger partial charge is 0.463 e. The number of rotatable bonds is 26. The Hall–Kier alpha value is -2.74. The predicted octanol–water partition coefficient (Wildman–Crippen LogP) is 6.99. The normalized spacial score (nSPS) is 14.7. The van der Waals surface area contributed by atoms with Crippen molar-refractivity contribution in [2.24, 2.45) is 0 Å². The Balaban J connectivity index is 3.83. The van der Waals surface area contributed by atoms with Gasteiger partial charge in [0.05, 0.1) is 12.2 Å². The number of esters is 2. The summed E-state index contributed by atoms with van der Waals surface area (Å²) in [7, 11) is 0. The minimum absolute atomic E-state index is 0.171. The van der Waals surface area contributed by atoms with Gasteiger partial charge >= 0.3 is 11.9 Å². The van der Waals surface area contributed by atoms with Crippen LogP contribution >= 0.6 is 0 Å². The summed E-state index contributed by atoms with van der Waals surface area (Å²) >= 11 is 0. The lowest BCUT2D eigenvalue weighted by Gasteiger charge is -2.12. The zero-order valence-corrected chi connectivity index (χ0v) is 25.9. The molecule has 7 nitrogen and oxygen atoms in total. The summed E-state index contributed by atoms with van der Waals surface area (Å²) in [4.78, 5) is 23.6. The molecule has 0 aromatic carbocycles. The molecule has 238 valence electrons. The maximum atomic E-state index is 11.8. The van der Waals surface area contributed by atoms with Gasteiger partial charge in [-0.1, -0.05) is 125 Å². The summed E-state index contributed by atoms with van der Waals surface area (Å²) in [5, 5.41) is 29.6. The maximum Gasteiger partial charge on any atom is 0.306 e. The molecule has 0 aromatic rings. The van der Waals surface area contributed by atoms with E-state index in [1.807, 2.05) is 42.5 Å². The van der Waals surface area contributed by atoms with E-state index in [0.29, 0.717) is 32.1 Å². The van der Waals surface area contributed by atoms with Crippen molar-refractivity contribution >= 4 is 11.9 Å². The molecule has 0 radical (unpaired) electrons. The number of hydrogen-bond acceptors (Lipinski definition) is 7. The highest BCUT2D eigenvalue weighted by atomic mass is 16.6. The van der Waals surface area contributed by atoms with Crippen molar-refractivity contribution in [1.82, 2.24) is 0 Å². The van der Waals surface area contributed by atoms with Gasteiger partial charge in [0.15, 0.2) is 0 Å². The van der Waals surface area contributed by atoms with E-state index >= 15 is 0 Å². The van der Waals surface area contributed by atoms with Crippen LogP contribution in [-0.4, -0.2) is 58.8 Å². The van der Waals surface area contributed by atoms with Crippen LogP contribution in [0.2, 0.25) is 0 Å². The van der Waals surface area contributed by atoms with Crippen LogP contribution in [0.1, 0.15) is 104 Å². The molecule has 3 atom stereocenters. The SMILES string of the molecule is CC/C=C\C[C@@H](O)/C=C/C=C\C=C\[C@@H](O)C/C=C\C/C=C\CCC(=O)OC[C@H](O)COC(=O)CCCCCCCCC. The van der Waals surface area contributed by atoms with Crippen LogP contribution in [0.25, 0.3) is 0 Å². The van der Waals surface area contributed by atoms with Gasteiger partial charge < -0.3 is 24.8 Å². The number of ether oxygens (including phenoxy) is 2. The fourth-order valence-electron chi connectivity index (χ4n) is 3.70. The van der Waals surface area contributed by atoms with Gasteiger partial charge in [0.2, 0.25) is 0 Å². The lowest BCUT2D eigenvalue weighted by molar-refractivity contribution is -0.152. The first kappa shape index (κ1) is 39.3. The highest BCUT2D eigenvalue weighted by molar-refractivity contribution is 5.70. The summed E-state index contributed by atoms with van der Waals surface area (Å²) in [5.41, 5.74) is 0. The first-order valence-corrected chi connectivity index (χ1v) is 15.7. The quantitative estimate of drug-likeness (QED) is 0.0432. The fourth-order valence-corrected chi connectivity index (χ4v) is 3.70. The highest BCUT2D eigenvalue weighted by Gasteiger charge is 2.11. The van der Waals surface area contributed by atoms with Gasteiger partial charge in [-0.15, -0.1) is 0 Å². The van der Waals surface area contributed by atoms with E-state index < -0.39 is 24.3 Å². The number of unbranched alkanes of at least 4 members (excludes halogenated alkanes) is 6. The summed E-state index contributed by atoms with van der Waals surface area (Å²) in [6.45, 7) is 3.87. The van der Waals surface area contributed by atoms with Gasteiger partial charge in [0.1, 0.15) is 19.3 Å². The fraction of sp³-hybridized carbons (Fsp3) is 0.600. The van der Waals surface area contributed by atoms with Crippen LogP contribution in [0.15, 0.2) is 72.9 Å². The van der Waals surface area contributed by atoms with Gasteiger partial charge in [0, 0.05) is 12.8 Å². The highest BCUT2D eigenvalue weighted by Crippen LogP contribution is 2.09. The Morgan fingerprint density at radius 2 is 1.14 bits per heavy atom. The Morgan fingerprint density at radius 1 is 0.619 bits per heavy atom. The molecule has 0 unspecified atom stereocenters.